The van der Waals surface area contributed by atoms with Gasteiger partial charge in [-0.3, -0.25) is 14.4 Å². The average molecular weight is 527 g/mol. The summed E-state index contributed by atoms with van der Waals surface area (Å²) < 4.78 is 0. The Morgan fingerprint density at radius 1 is 1.08 bits per heavy atom. The second kappa shape index (κ2) is 11.7. The number of hydrogen-bond donors (Lipinski definition) is 2. The molecule has 0 unspecified atom stereocenters. The van der Waals surface area contributed by atoms with Crippen LogP contribution in [0.2, 0.25) is 5.02 Å². The number of carbonyl (C=O) groups excluding carboxylic acids is 2. The van der Waals surface area contributed by atoms with E-state index in [0.717, 1.165) is 80.7 Å². The third kappa shape index (κ3) is 6.03. The van der Waals surface area contributed by atoms with Gasteiger partial charge in [0.15, 0.2) is 0 Å². The number of nitrogens with zero attached hydrogens (tertiary/aromatic N) is 2. The third-order valence-electron chi connectivity index (χ3n) is 8.06. The van der Waals surface area contributed by atoms with Crippen molar-refractivity contribution in [3.8, 4) is 0 Å². The Balaban J connectivity index is 1.47. The van der Waals surface area contributed by atoms with Crippen molar-refractivity contribution in [2.75, 3.05) is 24.5 Å². The van der Waals surface area contributed by atoms with Crippen molar-refractivity contribution in [2.45, 2.75) is 78.8 Å². The Hall–Kier alpha value is -2.80. The average Bonchev–Trinajstić information content (AvgIpc) is 3.40. The first-order chi connectivity index (χ1) is 17.7. The molecule has 2 amide bonds. The summed E-state index contributed by atoms with van der Waals surface area (Å²) in [5.41, 5.74) is 4.35. The summed E-state index contributed by atoms with van der Waals surface area (Å²) in [5, 5.41) is 3.42. The number of H-pyrrole nitrogens is 1. The molecule has 1 aromatic heterocycles. The topological polar surface area (TPSA) is 85.5 Å². The number of aromatic amines is 1. The van der Waals surface area contributed by atoms with Crippen LogP contribution in [0.3, 0.4) is 0 Å². The molecular weight excluding hydrogens is 488 g/mol. The van der Waals surface area contributed by atoms with Crippen LogP contribution >= 0.6 is 11.6 Å². The Morgan fingerprint density at radius 2 is 1.76 bits per heavy atom. The molecule has 2 aliphatic rings. The standard InChI is InChI=1S/C29H39ClN4O3/c1-5-34(23-10-8-21(9-11-23)29(37)33-12-6-7-13-33)26-16-22(30)15-24(20(26)4)27(35)31-17-25-18(2)14-19(3)32-28(25)36/h14-16,21,23H,5-13,17H2,1-4H3,(H,31,35)(H,32,36)/t21-,23-. The molecule has 2 fully saturated rings. The van der Waals surface area contributed by atoms with Gasteiger partial charge in [0.1, 0.15) is 0 Å². The van der Waals surface area contributed by atoms with Crippen molar-refractivity contribution in [1.29, 1.82) is 0 Å². The zero-order valence-corrected chi connectivity index (χ0v) is 23.2. The van der Waals surface area contributed by atoms with Crippen LogP contribution in [0.25, 0.3) is 0 Å². The van der Waals surface area contributed by atoms with E-state index < -0.39 is 0 Å². The molecule has 0 bridgehead atoms. The van der Waals surface area contributed by atoms with Crippen LogP contribution in [-0.2, 0) is 11.3 Å². The van der Waals surface area contributed by atoms with Crippen LogP contribution < -0.4 is 15.8 Å². The molecule has 2 heterocycles. The highest BCUT2D eigenvalue weighted by Gasteiger charge is 2.33. The lowest BCUT2D eigenvalue weighted by Gasteiger charge is -2.39. The van der Waals surface area contributed by atoms with E-state index in [0.29, 0.717) is 28.1 Å². The van der Waals surface area contributed by atoms with E-state index in [1.807, 2.05) is 37.8 Å². The molecule has 2 aromatic rings. The SMILES string of the molecule is CCN(c1cc(Cl)cc(C(=O)NCc2c(C)cc(C)[nH]c2=O)c1C)[C@H]1CC[C@H](C(=O)N2CCCC2)CC1. The first-order valence-electron chi connectivity index (χ1n) is 13.5. The van der Waals surface area contributed by atoms with Gasteiger partial charge in [0.2, 0.25) is 5.91 Å². The van der Waals surface area contributed by atoms with Gasteiger partial charge < -0.3 is 20.1 Å². The maximum Gasteiger partial charge on any atom is 0.253 e. The van der Waals surface area contributed by atoms with Crippen LogP contribution in [-0.4, -0.2) is 47.4 Å². The highest BCUT2D eigenvalue weighted by Crippen LogP contribution is 2.35. The summed E-state index contributed by atoms with van der Waals surface area (Å²) in [5.74, 6) is 0.208. The fourth-order valence-corrected chi connectivity index (χ4v) is 6.23. The number of carbonyl (C=O) groups is 2. The van der Waals surface area contributed by atoms with Gasteiger partial charge in [-0.2, -0.15) is 0 Å². The van der Waals surface area contributed by atoms with Crippen molar-refractivity contribution >= 4 is 29.1 Å². The van der Waals surface area contributed by atoms with Crippen LogP contribution in [0.4, 0.5) is 5.69 Å². The number of rotatable bonds is 7. The third-order valence-corrected chi connectivity index (χ3v) is 8.28. The molecule has 0 radical (unpaired) electrons. The van der Waals surface area contributed by atoms with Gasteiger partial charge in [-0.15, -0.1) is 0 Å². The van der Waals surface area contributed by atoms with E-state index in [9.17, 15) is 14.4 Å². The molecule has 1 aliphatic heterocycles. The summed E-state index contributed by atoms with van der Waals surface area (Å²) in [6.45, 7) is 10.5. The number of aromatic nitrogens is 1. The normalized spacial score (nSPS) is 19.6. The zero-order valence-electron chi connectivity index (χ0n) is 22.5. The minimum Gasteiger partial charge on any atom is -0.369 e. The van der Waals surface area contributed by atoms with Crippen LogP contribution in [0.15, 0.2) is 23.0 Å². The molecule has 8 heteroatoms. The van der Waals surface area contributed by atoms with Gasteiger partial charge in [-0.05, 0) is 95.5 Å². The van der Waals surface area contributed by atoms with Gasteiger partial charge in [0.05, 0.1) is 0 Å². The smallest absolute Gasteiger partial charge is 0.253 e. The number of pyridine rings is 1. The van der Waals surface area contributed by atoms with Gasteiger partial charge >= 0.3 is 0 Å². The monoisotopic (exact) mass is 526 g/mol. The van der Waals surface area contributed by atoms with E-state index in [2.05, 4.69) is 22.1 Å². The number of benzene rings is 1. The molecule has 1 saturated carbocycles. The lowest BCUT2D eigenvalue weighted by atomic mass is 9.84. The first kappa shape index (κ1) is 27.2. The Labute approximate surface area is 224 Å². The lowest BCUT2D eigenvalue weighted by molar-refractivity contribution is -0.135. The molecular formula is C29H39ClN4O3. The Morgan fingerprint density at radius 3 is 2.38 bits per heavy atom. The van der Waals surface area contributed by atoms with Crippen molar-refractivity contribution in [3.63, 3.8) is 0 Å². The Kier molecular flexibility index (Phi) is 8.63. The summed E-state index contributed by atoms with van der Waals surface area (Å²) in [4.78, 5) is 45.7. The molecule has 200 valence electrons. The van der Waals surface area contributed by atoms with E-state index in [-0.39, 0.29) is 23.9 Å². The number of halogens is 1. The number of amides is 2. The summed E-state index contributed by atoms with van der Waals surface area (Å²) >= 11 is 6.52. The molecule has 0 atom stereocenters. The van der Waals surface area contributed by atoms with Crippen molar-refractivity contribution in [1.82, 2.24) is 15.2 Å². The lowest BCUT2D eigenvalue weighted by Crippen LogP contribution is -2.42. The largest absolute Gasteiger partial charge is 0.369 e. The minimum atomic E-state index is -0.253. The molecule has 2 N–H and O–H groups in total. The molecule has 37 heavy (non-hydrogen) atoms. The van der Waals surface area contributed by atoms with Crippen molar-refractivity contribution in [2.24, 2.45) is 5.92 Å². The molecule has 4 rings (SSSR count). The second-order valence-corrected chi connectivity index (χ2v) is 11.0. The molecule has 1 aliphatic carbocycles. The van der Waals surface area contributed by atoms with E-state index in [1.54, 1.807) is 6.07 Å². The minimum absolute atomic E-state index is 0.128. The summed E-state index contributed by atoms with van der Waals surface area (Å²) in [6, 6.07) is 5.84. The van der Waals surface area contributed by atoms with Crippen LogP contribution in [0.5, 0.6) is 0 Å². The predicted molar refractivity (Wildman–Crippen MR) is 148 cm³/mol. The van der Waals surface area contributed by atoms with Gasteiger partial charge in [-0.1, -0.05) is 11.6 Å². The summed E-state index contributed by atoms with van der Waals surface area (Å²) in [6.07, 6.45) is 5.93. The molecule has 1 aromatic carbocycles. The van der Waals surface area contributed by atoms with E-state index in [1.165, 1.54) is 0 Å². The molecule has 7 nitrogen and oxygen atoms in total. The quantitative estimate of drug-likeness (QED) is 0.538. The number of nitrogens with one attached hydrogen (secondary N) is 2. The summed E-state index contributed by atoms with van der Waals surface area (Å²) in [7, 11) is 0. The second-order valence-electron chi connectivity index (χ2n) is 10.5. The van der Waals surface area contributed by atoms with E-state index in [4.69, 9.17) is 11.6 Å². The van der Waals surface area contributed by atoms with E-state index >= 15 is 0 Å². The first-order valence-corrected chi connectivity index (χ1v) is 13.9. The highest BCUT2D eigenvalue weighted by molar-refractivity contribution is 6.31. The van der Waals surface area contributed by atoms with Gasteiger partial charge in [0.25, 0.3) is 11.5 Å². The molecule has 1 saturated heterocycles. The van der Waals surface area contributed by atoms with Gasteiger partial charge in [0, 0.05) is 65.7 Å². The van der Waals surface area contributed by atoms with Crippen LogP contribution in [0, 0.1) is 26.7 Å². The Bertz CT molecular complexity index is 1210. The molecule has 0 spiro atoms. The number of anilines is 1. The number of hydrogen-bond acceptors (Lipinski definition) is 4. The maximum absolute atomic E-state index is 13.2. The van der Waals surface area contributed by atoms with Crippen LogP contribution in [0.1, 0.15) is 78.2 Å². The fraction of sp³-hybridized carbons (Fsp3) is 0.552. The van der Waals surface area contributed by atoms with Crippen molar-refractivity contribution < 1.29 is 9.59 Å². The fourth-order valence-electron chi connectivity index (χ4n) is 6.02. The van der Waals surface area contributed by atoms with Gasteiger partial charge in [-0.25, -0.2) is 0 Å². The maximum atomic E-state index is 13.2. The highest BCUT2D eigenvalue weighted by atomic mass is 35.5. The predicted octanol–water partition coefficient (Wildman–Crippen LogP) is 4.89. The number of likely N-dealkylation sites (tertiary alicyclic amines) is 1. The van der Waals surface area contributed by atoms with Crippen molar-refractivity contribution in [3.05, 3.63) is 61.5 Å². The number of aryl methyl sites for hydroxylation is 2. The zero-order chi connectivity index (χ0) is 26.7.